The summed E-state index contributed by atoms with van der Waals surface area (Å²) < 4.78 is 0. The molecule has 0 atom stereocenters. The van der Waals surface area contributed by atoms with Gasteiger partial charge in [0.05, 0.1) is 6.33 Å². The van der Waals surface area contributed by atoms with Crippen LogP contribution in [0.15, 0.2) is 36.8 Å². The summed E-state index contributed by atoms with van der Waals surface area (Å²) in [6.07, 6.45) is 3.07. The average Bonchev–Trinajstić information content (AvgIpc) is 2.81. The van der Waals surface area contributed by atoms with Crippen molar-refractivity contribution in [3.05, 3.63) is 53.6 Å². The monoisotopic (exact) mass is 215 g/mol. The van der Waals surface area contributed by atoms with E-state index in [1.54, 1.807) is 6.20 Å². The van der Waals surface area contributed by atoms with Crippen LogP contribution in [0.25, 0.3) is 0 Å². The number of carbonyl (C=O) groups excluding carboxylic acids is 1. The fourth-order valence-corrected chi connectivity index (χ4v) is 1.46. The van der Waals surface area contributed by atoms with Crippen LogP contribution < -0.4 is 5.32 Å². The Labute approximate surface area is 93.7 Å². The van der Waals surface area contributed by atoms with Gasteiger partial charge in [-0.25, -0.2) is 4.98 Å². The van der Waals surface area contributed by atoms with Crippen molar-refractivity contribution in [2.24, 2.45) is 0 Å². The number of aromatic nitrogens is 2. The number of aryl methyl sites for hydroxylation is 1. The predicted molar refractivity (Wildman–Crippen MR) is 60.9 cm³/mol. The lowest BCUT2D eigenvalue weighted by molar-refractivity contribution is 0.0946. The first-order chi connectivity index (χ1) is 7.77. The molecule has 16 heavy (non-hydrogen) atoms. The molecule has 2 aromatic rings. The molecule has 1 amide bonds. The van der Waals surface area contributed by atoms with E-state index < -0.39 is 0 Å². The van der Waals surface area contributed by atoms with Crippen LogP contribution >= 0.6 is 0 Å². The first-order valence-electron chi connectivity index (χ1n) is 5.09. The number of H-pyrrole nitrogens is 1. The molecule has 0 aliphatic carbocycles. The molecule has 0 saturated carbocycles. The SMILES string of the molecule is Cc1ccccc1CNC(=O)c1c[nH]cn1. The lowest BCUT2D eigenvalue weighted by Crippen LogP contribution is -2.23. The zero-order valence-corrected chi connectivity index (χ0v) is 9.03. The molecule has 0 fully saturated rings. The summed E-state index contributed by atoms with van der Waals surface area (Å²) in [5.41, 5.74) is 2.70. The number of hydrogen-bond acceptors (Lipinski definition) is 2. The molecule has 82 valence electrons. The van der Waals surface area contributed by atoms with E-state index in [1.807, 2.05) is 31.2 Å². The van der Waals surface area contributed by atoms with Crippen LogP contribution in [0.1, 0.15) is 21.6 Å². The number of aromatic amines is 1. The molecule has 0 unspecified atom stereocenters. The van der Waals surface area contributed by atoms with Gasteiger partial charge in [-0.1, -0.05) is 24.3 Å². The number of carbonyl (C=O) groups is 1. The maximum atomic E-state index is 11.6. The van der Waals surface area contributed by atoms with Crippen molar-refractivity contribution in [2.45, 2.75) is 13.5 Å². The van der Waals surface area contributed by atoms with E-state index in [1.165, 1.54) is 11.9 Å². The molecule has 1 aromatic heterocycles. The molecular formula is C12H13N3O. The Kier molecular flexibility index (Phi) is 3.00. The lowest BCUT2D eigenvalue weighted by atomic mass is 10.1. The normalized spacial score (nSPS) is 10.1. The summed E-state index contributed by atoms with van der Waals surface area (Å²) in [6.45, 7) is 2.55. The van der Waals surface area contributed by atoms with Crippen LogP contribution in [0.2, 0.25) is 0 Å². The summed E-state index contributed by atoms with van der Waals surface area (Å²) in [4.78, 5) is 18.2. The fraction of sp³-hybridized carbons (Fsp3) is 0.167. The van der Waals surface area contributed by atoms with Gasteiger partial charge < -0.3 is 10.3 Å². The number of nitrogens with one attached hydrogen (secondary N) is 2. The van der Waals surface area contributed by atoms with Gasteiger partial charge in [-0.2, -0.15) is 0 Å². The molecule has 1 aromatic carbocycles. The van der Waals surface area contributed by atoms with E-state index in [0.717, 1.165) is 5.56 Å². The molecule has 2 rings (SSSR count). The third-order valence-electron chi connectivity index (χ3n) is 2.43. The fourth-order valence-electron chi connectivity index (χ4n) is 1.46. The van der Waals surface area contributed by atoms with Crippen LogP contribution in [-0.4, -0.2) is 15.9 Å². The van der Waals surface area contributed by atoms with Gasteiger partial charge in [0, 0.05) is 12.7 Å². The standard InChI is InChI=1S/C12H13N3O/c1-9-4-2-3-5-10(9)6-14-12(16)11-7-13-8-15-11/h2-5,7-8H,6H2,1H3,(H,13,15)(H,14,16). The number of benzene rings is 1. The van der Waals surface area contributed by atoms with Crippen LogP contribution in [0, 0.1) is 6.92 Å². The average molecular weight is 215 g/mol. The first-order valence-corrected chi connectivity index (χ1v) is 5.09. The Morgan fingerprint density at radius 1 is 1.44 bits per heavy atom. The molecule has 0 spiro atoms. The highest BCUT2D eigenvalue weighted by molar-refractivity contribution is 5.91. The van der Waals surface area contributed by atoms with E-state index in [0.29, 0.717) is 12.2 Å². The van der Waals surface area contributed by atoms with E-state index in [-0.39, 0.29) is 5.91 Å². The Morgan fingerprint density at radius 3 is 2.94 bits per heavy atom. The molecule has 4 nitrogen and oxygen atoms in total. The topological polar surface area (TPSA) is 57.8 Å². The lowest BCUT2D eigenvalue weighted by Gasteiger charge is -2.06. The number of imidazole rings is 1. The second kappa shape index (κ2) is 4.61. The Bertz CT molecular complexity index is 477. The van der Waals surface area contributed by atoms with Crippen LogP contribution in [0.5, 0.6) is 0 Å². The Morgan fingerprint density at radius 2 is 2.25 bits per heavy atom. The largest absolute Gasteiger partial charge is 0.350 e. The maximum Gasteiger partial charge on any atom is 0.271 e. The highest BCUT2D eigenvalue weighted by Gasteiger charge is 2.06. The first kappa shape index (κ1) is 10.4. The maximum absolute atomic E-state index is 11.6. The van der Waals surface area contributed by atoms with Gasteiger partial charge in [0.15, 0.2) is 0 Å². The van der Waals surface area contributed by atoms with Crippen molar-refractivity contribution < 1.29 is 4.79 Å². The third kappa shape index (κ3) is 2.28. The Hall–Kier alpha value is -2.10. The van der Waals surface area contributed by atoms with Gasteiger partial charge in [0.1, 0.15) is 5.69 Å². The van der Waals surface area contributed by atoms with Crippen molar-refractivity contribution in [3.63, 3.8) is 0 Å². The highest BCUT2D eigenvalue weighted by atomic mass is 16.1. The van der Waals surface area contributed by atoms with Crippen molar-refractivity contribution in [1.29, 1.82) is 0 Å². The van der Waals surface area contributed by atoms with Gasteiger partial charge in [-0.3, -0.25) is 4.79 Å². The molecule has 0 radical (unpaired) electrons. The minimum atomic E-state index is -0.162. The summed E-state index contributed by atoms with van der Waals surface area (Å²) in [6, 6.07) is 7.97. The second-order valence-corrected chi connectivity index (χ2v) is 3.56. The summed E-state index contributed by atoms with van der Waals surface area (Å²) in [5.74, 6) is -0.162. The smallest absolute Gasteiger partial charge is 0.271 e. The molecule has 2 N–H and O–H groups in total. The van der Waals surface area contributed by atoms with Crippen molar-refractivity contribution in [1.82, 2.24) is 15.3 Å². The van der Waals surface area contributed by atoms with Gasteiger partial charge in [0.25, 0.3) is 5.91 Å². The molecule has 0 aliphatic rings. The van der Waals surface area contributed by atoms with Gasteiger partial charge in [-0.15, -0.1) is 0 Å². The van der Waals surface area contributed by atoms with E-state index in [9.17, 15) is 4.79 Å². The van der Waals surface area contributed by atoms with Gasteiger partial charge in [0.2, 0.25) is 0 Å². The van der Waals surface area contributed by atoms with Crippen LogP contribution in [-0.2, 0) is 6.54 Å². The van der Waals surface area contributed by atoms with Crippen LogP contribution in [0.3, 0.4) is 0 Å². The molecule has 0 bridgehead atoms. The summed E-state index contributed by atoms with van der Waals surface area (Å²) in [5, 5.41) is 2.82. The van der Waals surface area contributed by atoms with E-state index in [4.69, 9.17) is 0 Å². The van der Waals surface area contributed by atoms with E-state index >= 15 is 0 Å². The predicted octanol–water partition coefficient (Wildman–Crippen LogP) is 1.65. The van der Waals surface area contributed by atoms with Crippen molar-refractivity contribution in [2.75, 3.05) is 0 Å². The quantitative estimate of drug-likeness (QED) is 0.817. The van der Waals surface area contributed by atoms with Crippen LogP contribution in [0.4, 0.5) is 0 Å². The zero-order chi connectivity index (χ0) is 11.4. The zero-order valence-electron chi connectivity index (χ0n) is 9.03. The molecular weight excluding hydrogens is 202 g/mol. The van der Waals surface area contributed by atoms with E-state index in [2.05, 4.69) is 15.3 Å². The molecule has 0 saturated heterocycles. The van der Waals surface area contributed by atoms with Crippen molar-refractivity contribution >= 4 is 5.91 Å². The van der Waals surface area contributed by atoms with Crippen molar-refractivity contribution in [3.8, 4) is 0 Å². The number of hydrogen-bond donors (Lipinski definition) is 2. The second-order valence-electron chi connectivity index (χ2n) is 3.56. The molecule has 4 heteroatoms. The molecule has 1 heterocycles. The Balaban J connectivity index is 1.98. The van der Waals surface area contributed by atoms with Gasteiger partial charge >= 0.3 is 0 Å². The minimum absolute atomic E-state index is 0.162. The van der Waals surface area contributed by atoms with Gasteiger partial charge in [-0.05, 0) is 18.1 Å². The number of rotatable bonds is 3. The number of amides is 1. The summed E-state index contributed by atoms with van der Waals surface area (Å²) >= 11 is 0. The molecule has 0 aliphatic heterocycles. The highest BCUT2D eigenvalue weighted by Crippen LogP contribution is 2.06. The minimum Gasteiger partial charge on any atom is -0.350 e. The third-order valence-corrected chi connectivity index (χ3v) is 2.43. The summed E-state index contributed by atoms with van der Waals surface area (Å²) in [7, 11) is 0. The number of nitrogens with zero attached hydrogens (tertiary/aromatic N) is 1.